The maximum Gasteiger partial charge on any atom is 0.257 e. The third kappa shape index (κ3) is 3.49. The van der Waals surface area contributed by atoms with Crippen molar-refractivity contribution in [2.45, 2.75) is 38.6 Å². The molecule has 1 saturated heterocycles. The zero-order chi connectivity index (χ0) is 13.8. The van der Waals surface area contributed by atoms with Crippen LogP contribution in [0.4, 0.5) is 4.39 Å². The number of benzene rings is 1. The van der Waals surface area contributed by atoms with Crippen LogP contribution >= 0.6 is 12.4 Å². The number of hydrogen-bond acceptors (Lipinski definition) is 2. The van der Waals surface area contributed by atoms with Gasteiger partial charge in [0.05, 0.1) is 5.56 Å². The van der Waals surface area contributed by atoms with Gasteiger partial charge in [-0.3, -0.25) is 4.79 Å². The van der Waals surface area contributed by atoms with Gasteiger partial charge < -0.3 is 10.6 Å². The maximum absolute atomic E-state index is 14.0. The highest BCUT2D eigenvalue weighted by atomic mass is 35.5. The first-order valence-electron chi connectivity index (χ1n) is 6.91. The zero-order valence-electron chi connectivity index (χ0n) is 11.8. The Labute approximate surface area is 125 Å². The van der Waals surface area contributed by atoms with Crippen molar-refractivity contribution in [3.63, 3.8) is 0 Å². The Morgan fingerprint density at radius 2 is 2.20 bits per heavy atom. The van der Waals surface area contributed by atoms with Crippen LogP contribution in [0.1, 0.15) is 41.6 Å². The first kappa shape index (κ1) is 16.9. The van der Waals surface area contributed by atoms with Crippen LogP contribution < -0.4 is 5.73 Å². The third-order valence-corrected chi connectivity index (χ3v) is 3.81. The normalized spacial score (nSPS) is 18.6. The van der Waals surface area contributed by atoms with Gasteiger partial charge in [0.1, 0.15) is 5.82 Å². The van der Waals surface area contributed by atoms with Crippen LogP contribution in [0.2, 0.25) is 0 Å². The van der Waals surface area contributed by atoms with E-state index < -0.39 is 5.82 Å². The molecule has 5 heteroatoms. The molecular formula is C15H22ClFN2O. The van der Waals surface area contributed by atoms with Crippen molar-refractivity contribution in [2.24, 2.45) is 5.73 Å². The van der Waals surface area contributed by atoms with Crippen molar-refractivity contribution < 1.29 is 9.18 Å². The second-order valence-corrected chi connectivity index (χ2v) is 5.16. The quantitative estimate of drug-likeness (QED) is 0.933. The van der Waals surface area contributed by atoms with Crippen LogP contribution in [0.25, 0.3) is 0 Å². The molecule has 1 heterocycles. The Balaban J connectivity index is 0.00000200. The summed E-state index contributed by atoms with van der Waals surface area (Å²) in [5.74, 6) is -0.594. The Morgan fingerprint density at radius 1 is 1.45 bits per heavy atom. The van der Waals surface area contributed by atoms with Gasteiger partial charge in [-0.2, -0.15) is 0 Å². The van der Waals surface area contributed by atoms with Crippen molar-refractivity contribution in [3.05, 3.63) is 35.1 Å². The molecule has 1 aromatic rings. The highest BCUT2D eigenvalue weighted by Crippen LogP contribution is 2.23. The summed E-state index contributed by atoms with van der Waals surface area (Å²) in [6.45, 7) is 2.95. The van der Waals surface area contributed by atoms with Gasteiger partial charge >= 0.3 is 0 Å². The molecule has 0 bridgehead atoms. The Morgan fingerprint density at radius 3 is 2.90 bits per heavy atom. The predicted octanol–water partition coefficient (Wildman–Crippen LogP) is 2.90. The van der Waals surface area contributed by atoms with E-state index in [-0.39, 0.29) is 29.9 Å². The molecule has 20 heavy (non-hydrogen) atoms. The molecule has 0 saturated carbocycles. The predicted molar refractivity (Wildman–Crippen MR) is 80.7 cm³/mol. The molecule has 0 radical (unpaired) electrons. The van der Waals surface area contributed by atoms with Crippen molar-refractivity contribution >= 4 is 18.3 Å². The first-order chi connectivity index (χ1) is 9.15. The summed E-state index contributed by atoms with van der Waals surface area (Å²) in [5, 5.41) is 0. The van der Waals surface area contributed by atoms with Crippen LogP contribution in [0, 0.1) is 12.7 Å². The van der Waals surface area contributed by atoms with Crippen molar-refractivity contribution in [1.82, 2.24) is 4.90 Å². The molecule has 2 rings (SSSR count). The molecule has 1 aliphatic rings. The largest absolute Gasteiger partial charge is 0.336 e. The molecule has 2 N–H and O–H groups in total. The monoisotopic (exact) mass is 300 g/mol. The minimum absolute atomic E-state index is 0. The zero-order valence-corrected chi connectivity index (χ0v) is 12.6. The molecule has 1 aliphatic heterocycles. The van der Waals surface area contributed by atoms with Crippen molar-refractivity contribution in [2.75, 3.05) is 13.1 Å². The number of carbonyl (C=O) groups is 1. The fraction of sp³-hybridized carbons (Fsp3) is 0.533. The lowest BCUT2D eigenvalue weighted by atomic mass is 9.98. The van der Waals surface area contributed by atoms with E-state index in [1.807, 2.05) is 0 Å². The van der Waals surface area contributed by atoms with Gasteiger partial charge in [0, 0.05) is 12.6 Å². The fourth-order valence-corrected chi connectivity index (χ4v) is 2.73. The summed E-state index contributed by atoms with van der Waals surface area (Å²) >= 11 is 0. The molecule has 0 aromatic heterocycles. The molecule has 1 aromatic carbocycles. The number of amides is 1. The highest BCUT2D eigenvalue weighted by molar-refractivity contribution is 5.95. The van der Waals surface area contributed by atoms with Gasteiger partial charge in [0.2, 0.25) is 0 Å². The summed E-state index contributed by atoms with van der Waals surface area (Å²) < 4.78 is 14.0. The van der Waals surface area contributed by atoms with Crippen LogP contribution in [0.3, 0.4) is 0 Å². The number of aryl methyl sites for hydroxylation is 1. The average molecular weight is 301 g/mol. The molecular weight excluding hydrogens is 279 g/mol. The van der Waals surface area contributed by atoms with Crippen LogP contribution in [0.5, 0.6) is 0 Å². The minimum Gasteiger partial charge on any atom is -0.336 e. The topological polar surface area (TPSA) is 46.3 Å². The molecule has 1 amide bonds. The summed E-state index contributed by atoms with van der Waals surface area (Å²) in [6, 6.07) is 5.14. The summed E-state index contributed by atoms with van der Waals surface area (Å²) in [6.07, 6.45) is 3.86. The van der Waals surface area contributed by atoms with E-state index in [0.29, 0.717) is 18.7 Å². The molecule has 0 aliphatic carbocycles. The van der Waals surface area contributed by atoms with Crippen molar-refractivity contribution in [1.29, 1.82) is 0 Å². The lowest BCUT2D eigenvalue weighted by Crippen LogP contribution is -2.44. The molecule has 0 spiro atoms. The Kier molecular flexibility index (Phi) is 6.43. The van der Waals surface area contributed by atoms with Crippen LogP contribution in [-0.2, 0) is 0 Å². The molecule has 1 fully saturated rings. The van der Waals surface area contributed by atoms with Crippen molar-refractivity contribution in [3.8, 4) is 0 Å². The minimum atomic E-state index is -0.399. The van der Waals surface area contributed by atoms with E-state index in [4.69, 9.17) is 5.73 Å². The number of rotatable bonds is 3. The van der Waals surface area contributed by atoms with E-state index in [9.17, 15) is 9.18 Å². The average Bonchev–Trinajstić information content (AvgIpc) is 2.42. The molecule has 1 unspecified atom stereocenters. The number of nitrogens with zero attached hydrogens (tertiary/aromatic N) is 1. The number of piperidine rings is 1. The number of nitrogens with two attached hydrogens (primary N) is 1. The molecule has 1 atom stereocenters. The second kappa shape index (κ2) is 7.60. The fourth-order valence-electron chi connectivity index (χ4n) is 2.73. The third-order valence-electron chi connectivity index (χ3n) is 3.81. The number of carbonyl (C=O) groups excluding carboxylic acids is 1. The van der Waals surface area contributed by atoms with Crippen LogP contribution in [0.15, 0.2) is 18.2 Å². The van der Waals surface area contributed by atoms with Gasteiger partial charge in [-0.25, -0.2) is 4.39 Å². The van der Waals surface area contributed by atoms with Gasteiger partial charge in [-0.1, -0.05) is 12.1 Å². The van der Waals surface area contributed by atoms with E-state index >= 15 is 0 Å². The van der Waals surface area contributed by atoms with Gasteiger partial charge in [0.15, 0.2) is 0 Å². The standard InChI is InChI=1S/C15H21FN2O.ClH/c1-11-5-4-7-13(14(11)16)15(19)18-10-3-2-6-12(18)8-9-17;/h4-5,7,12H,2-3,6,8-10,17H2,1H3;1H. The number of hydrogen-bond donors (Lipinski definition) is 1. The second-order valence-electron chi connectivity index (χ2n) is 5.16. The first-order valence-corrected chi connectivity index (χ1v) is 6.91. The number of halogens is 2. The van der Waals surface area contributed by atoms with Gasteiger partial charge in [-0.15, -0.1) is 12.4 Å². The van der Waals surface area contributed by atoms with E-state index in [2.05, 4.69) is 0 Å². The van der Waals surface area contributed by atoms with E-state index in [1.54, 1.807) is 30.0 Å². The van der Waals surface area contributed by atoms with Crippen LogP contribution in [-0.4, -0.2) is 29.9 Å². The summed E-state index contributed by atoms with van der Waals surface area (Å²) in [7, 11) is 0. The molecule has 3 nitrogen and oxygen atoms in total. The van der Waals surface area contributed by atoms with Gasteiger partial charge in [0.25, 0.3) is 5.91 Å². The smallest absolute Gasteiger partial charge is 0.257 e. The van der Waals surface area contributed by atoms with Gasteiger partial charge in [-0.05, 0) is 50.8 Å². The lowest BCUT2D eigenvalue weighted by molar-refractivity contribution is 0.0600. The molecule has 112 valence electrons. The highest BCUT2D eigenvalue weighted by Gasteiger charge is 2.28. The number of likely N-dealkylation sites (tertiary alicyclic amines) is 1. The SMILES string of the molecule is Cc1cccc(C(=O)N2CCCCC2CCN)c1F.Cl. The van der Waals surface area contributed by atoms with E-state index in [1.165, 1.54) is 0 Å². The maximum atomic E-state index is 14.0. The Bertz CT molecular complexity index is 465. The van der Waals surface area contributed by atoms with E-state index in [0.717, 1.165) is 25.7 Å². The summed E-state index contributed by atoms with van der Waals surface area (Å²) in [5.41, 5.74) is 6.30. The lowest BCUT2D eigenvalue weighted by Gasteiger charge is -2.36. The summed E-state index contributed by atoms with van der Waals surface area (Å²) in [4.78, 5) is 14.3. The Hall–Kier alpha value is -1.13.